The molecule has 0 fully saturated rings. The Balaban J connectivity index is 2.22. The van der Waals surface area contributed by atoms with Gasteiger partial charge in [-0.1, -0.05) is 6.92 Å². The molecule has 3 heteroatoms. The Morgan fingerprint density at radius 1 is 1.58 bits per heavy atom. The number of aliphatic hydroxyl groups is 1. The molecule has 0 saturated carbocycles. The van der Waals surface area contributed by atoms with Crippen LogP contribution in [0.5, 0.6) is 0 Å². The summed E-state index contributed by atoms with van der Waals surface area (Å²) in [6, 6.07) is 0. The zero-order valence-corrected chi connectivity index (χ0v) is 8.16. The molecule has 12 heavy (non-hydrogen) atoms. The second-order valence-corrected chi connectivity index (χ2v) is 4.72. The number of nitrogens with one attached hydrogen (secondary N) is 1. The van der Waals surface area contributed by atoms with Crippen molar-refractivity contribution >= 4 is 11.8 Å². The molecule has 2 heterocycles. The van der Waals surface area contributed by atoms with Crippen LogP contribution in [-0.2, 0) is 0 Å². The maximum Gasteiger partial charge on any atom is 0.0806 e. The van der Waals surface area contributed by atoms with Crippen molar-refractivity contribution < 1.29 is 5.11 Å². The molecule has 0 aromatic heterocycles. The highest BCUT2D eigenvalue weighted by molar-refractivity contribution is 8.03. The van der Waals surface area contributed by atoms with E-state index in [9.17, 15) is 5.11 Å². The second kappa shape index (κ2) is 3.40. The van der Waals surface area contributed by atoms with Crippen molar-refractivity contribution in [3.05, 3.63) is 10.5 Å². The van der Waals surface area contributed by atoms with Crippen molar-refractivity contribution in [3.8, 4) is 0 Å². The monoisotopic (exact) mass is 185 g/mol. The van der Waals surface area contributed by atoms with Gasteiger partial charge in [0.05, 0.1) is 6.10 Å². The molecule has 68 valence electrons. The Labute approximate surface area is 77.4 Å². The van der Waals surface area contributed by atoms with E-state index in [4.69, 9.17) is 0 Å². The van der Waals surface area contributed by atoms with Crippen molar-refractivity contribution in [1.82, 2.24) is 5.32 Å². The third-order valence-electron chi connectivity index (χ3n) is 2.62. The van der Waals surface area contributed by atoms with Gasteiger partial charge in [0.15, 0.2) is 0 Å². The van der Waals surface area contributed by atoms with E-state index in [1.165, 1.54) is 10.5 Å². The lowest BCUT2D eigenvalue weighted by Gasteiger charge is -2.32. The fraction of sp³-hybridized carbons (Fsp3) is 0.778. The first-order valence-corrected chi connectivity index (χ1v) is 5.51. The van der Waals surface area contributed by atoms with Gasteiger partial charge >= 0.3 is 0 Å². The highest BCUT2D eigenvalue weighted by atomic mass is 32.2. The molecule has 0 bridgehead atoms. The minimum absolute atomic E-state index is 0.186. The molecule has 0 spiro atoms. The molecule has 0 aromatic carbocycles. The number of aliphatic hydroxyl groups excluding tert-OH is 1. The van der Waals surface area contributed by atoms with E-state index >= 15 is 0 Å². The summed E-state index contributed by atoms with van der Waals surface area (Å²) in [5.41, 5.74) is 1.25. The van der Waals surface area contributed by atoms with E-state index in [-0.39, 0.29) is 6.10 Å². The highest BCUT2D eigenvalue weighted by Crippen LogP contribution is 2.36. The van der Waals surface area contributed by atoms with Gasteiger partial charge in [-0.3, -0.25) is 0 Å². The minimum atomic E-state index is -0.186. The van der Waals surface area contributed by atoms with Crippen LogP contribution in [0.3, 0.4) is 0 Å². The number of thioether (sulfide) groups is 1. The van der Waals surface area contributed by atoms with Crippen LogP contribution < -0.4 is 5.32 Å². The van der Waals surface area contributed by atoms with Crippen LogP contribution in [0.15, 0.2) is 10.5 Å². The molecule has 0 aromatic rings. The van der Waals surface area contributed by atoms with Gasteiger partial charge in [-0.2, -0.15) is 0 Å². The summed E-state index contributed by atoms with van der Waals surface area (Å²) in [4.78, 5) is 1.44. The molecular weight excluding hydrogens is 170 g/mol. The third kappa shape index (κ3) is 1.41. The number of hydrogen-bond acceptors (Lipinski definition) is 3. The molecule has 2 N–H and O–H groups in total. The van der Waals surface area contributed by atoms with Crippen molar-refractivity contribution in [3.63, 3.8) is 0 Å². The van der Waals surface area contributed by atoms with Gasteiger partial charge < -0.3 is 10.4 Å². The zero-order chi connectivity index (χ0) is 8.55. The summed E-state index contributed by atoms with van der Waals surface area (Å²) in [5, 5.41) is 13.2. The third-order valence-corrected chi connectivity index (χ3v) is 4.13. The van der Waals surface area contributed by atoms with E-state index in [1.807, 2.05) is 11.8 Å². The van der Waals surface area contributed by atoms with E-state index in [1.54, 1.807) is 0 Å². The summed E-state index contributed by atoms with van der Waals surface area (Å²) in [6.07, 6.45) is 0.929. The first-order valence-electron chi connectivity index (χ1n) is 4.52. The topological polar surface area (TPSA) is 32.3 Å². The van der Waals surface area contributed by atoms with Crippen molar-refractivity contribution in [2.75, 3.05) is 18.8 Å². The van der Waals surface area contributed by atoms with E-state index in [0.717, 1.165) is 25.3 Å². The quantitative estimate of drug-likeness (QED) is 0.590. The molecule has 2 atom stereocenters. The Bertz CT molecular complexity index is 215. The summed E-state index contributed by atoms with van der Waals surface area (Å²) in [5.74, 6) is 1.51. The van der Waals surface area contributed by atoms with Gasteiger partial charge in [0.25, 0.3) is 0 Å². The van der Waals surface area contributed by atoms with Gasteiger partial charge in [0, 0.05) is 12.3 Å². The first kappa shape index (κ1) is 8.60. The number of hydrogen-bond donors (Lipinski definition) is 2. The molecule has 0 aliphatic carbocycles. The van der Waals surface area contributed by atoms with Crippen LogP contribution in [0.2, 0.25) is 0 Å². The summed E-state index contributed by atoms with van der Waals surface area (Å²) in [7, 11) is 0. The largest absolute Gasteiger partial charge is 0.388 e. The highest BCUT2D eigenvalue weighted by Gasteiger charge is 2.28. The minimum Gasteiger partial charge on any atom is -0.388 e. The standard InChI is InChI=1S/C9H15NOS/c1-6-5-12-8-2-3-10-4-7(8)9(6)11/h6,9-11H,2-5H2,1H3/t6-,9-/m1/s1. The fourth-order valence-corrected chi connectivity index (χ4v) is 3.06. The first-order chi connectivity index (χ1) is 5.79. The lowest BCUT2D eigenvalue weighted by atomic mass is 9.95. The van der Waals surface area contributed by atoms with Gasteiger partial charge in [-0.05, 0) is 29.4 Å². The summed E-state index contributed by atoms with van der Waals surface area (Å²) >= 11 is 1.94. The average Bonchev–Trinajstić information content (AvgIpc) is 2.12. The average molecular weight is 185 g/mol. The van der Waals surface area contributed by atoms with Gasteiger partial charge in [-0.25, -0.2) is 0 Å². The summed E-state index contributed by atoms with van der Waals surface area (Å²) in [6.45, 7) is 4.09. The Morgan fingerprint density at radius 3 is 3.25 bits per heavy atom. The van der Waals surface area contributed by atoms with Crippen molar-refractivity contribution in [2.45, 2.75) is 19.4 Å². The van der Waals surface area contributed by atoms with Crippen LogP contribution in [0.4, 0.5) is 0 Å². The van der Waals surface area contributed by atoms with Crippen molar-refractivity contribution in [2.24, 2.45) is 5.92 Å². The SMILES string of the molecule is C[C@@H]1CSC2=C(CNCC2)[C@@H]1O. The van der Waals surface area contributed by atoms with Crippen molar-refractivity contribution in [1.29, 1.82) is 0 Å². The maximum absolute atomic E-state index is 9.86. The lowest BCUT2D eigenvalue weighted by molar-refractivity contribution is 0.156. The molecule has 2 aliphatic heterocycles. The van der Waals surface area contributed by atoms with Gasteiger partial charge in [-0.15, -0.1) is 11.8 Å². The number of rotatable bonds is 0. The fourth-order valence-electron chi connectivity index (χ4n) is 1.79. The predicted molar refractivity (Wildman–Crippen MR) is 52.1 cm³/mol. The second-order valence-electron chi connectivity index (χ2n) is 3.61. The molecule has 2 nitrogen and oxygen atoms in total. The predicted octanol–water partition coefficient (Wildman–Crippen LogP) is 0.978. The van der Waals surface area contributed by atoms with Crippen LogP contribution in [0.1, 0.15) is 13.3 Å². The Morgan fingerprint density at radius 2 is 2.42 bits per heavy atom. The van der Waals surface area contributed by atoms with Crippen LogP contribution in [0.25, 0.3) is 0 Å². The smallest absolute Gasteiger partial charge is 0.0806 e. The van der Waals surface area contributed by atoms with E-state index < -0.39 is 0 Å². The molecule has 0 unspecified atom stereocenters. The molecule has 0 saturated heterocycles. The molecular formula is C9H15NOS. The Kier molecular flexibility index (Phi) is 2.44. The lowest BCUT2D eigenvalue weighted by Crippen LogP contribution is -2.36. The zero-order valence-electron chi connectivity index (χ0n) is 7.34. The molecule has 0 radical (unpaired) electrons. The van der Waals surface area contributed by atoms with Gasteiger partial charge in [0.2, 0.25) is 0 Å². The van der Waals surface area contributed by atoms with E-state index in [0.29, 0.717) is 5.92 Å². The maximum atomic E-state index is 9.86. The van der Waals surface area contributed by atoms with Crippen LogP contribution in [0, 0.1) is 5.92 Å². The summed E-state index contributed by atoms with van der Waals surface area (Å²) < 4.78 is 0. The van der Waals surface area contributed by atoms with Crippen LogP contribution in [-0.4, -0.2) is 30.1 Å². The molecule has 2 rings (SSSR count). The normalized spacial score (nSPS) is 36.5. The van der Waals surface area contributed by atoms with Crippen LogP contribution >= 0.6 is 11.8 Å². The Hall–Kier alpha value is 0.01000. The van der Waals surface area contributed by atoms with Gasteiger partial charge in [0.1, 0.15) is 0 Å². The molecule has 2 aliphatic rings. The molecule has 0 amide bonds. The van der Waals surface area contributed by atoms with E-state index in [2.05, 4.69) is 12.2 Å².